The van der Waals surface area contributed by atoms with Crippen LogP contribution in [0.1, 0.15) is 41.8 Å². The summed E-state index contributed by atoms with van der Waals surface area (Å²) >= 11 is 1.91. The first-order chi connectivity index (χ1) is 13.2. The molecule has 0 bridgehead atoms. The van der Waals surface area contributed by atoms with Crippen LogP contribution in [0.4, 0.5) is 4.79 Å². The third-order valence-corrected chi connectivity index (χ3v) is 6.27. The van der Waals surface area contributed by atoms with Crippen molar-refractivity contribution >= 4 is 47.4 Å². The fraction of sp³-hybridized carbons (Fsp3) is 0.737. The van der Waals surface area contributed by atoms with Gasteiger partial charge in [0, 0.05) is 51.1 Å². The van der Waals surface area contributed by atoms with Gasteiger partial charge in [0.15, 0.2) is 5.96 Å². The van der Waals surface area contributed by atoms with E-state index in [0.717, 1.165) is 44.9 Å². The Morgan fingerprint density at radius 3 is 2.61 bits per heavy atom. The molecule has 9 heteroatoms. The zero-order valence-electron chi connectivity index (χ0n) is 16.9. The lowest BCUT2D eigenvalue weighted by Gasteiger charge is -2.35. The molecule has 3 rings (SSSR count). The van der Waals surface area contributed by atoms with E-state index in [4.69, 9.17) is 9.72 Å². The number of guanidine groups is 1. The van der Waals surface area contributed by atoms with Crippen molar-refractivity contribution in [2.75, 3.05) is 46.4 Å². The summed E-state index contributed by atoms with van der Waals surface area (Å²) in [6, 6.07) is 0. The van der Waals surface area contributed by atoms with Crippen LogP contribution in [0.3, 0.4) is 0 Å². The van der Waals surface area contributed by atoms with Gasteiger partial charge < -0.3 is 19.9 Å². The first-order valence-corrected chi connectivity index (χ1v) is 10.9. The summed E-state index contributed by atoms with van der Waals surface area (Å²) in [5.74, 6) is 0.914. The van der Waals surface area contributed by atoms with Gasteiger partial charge in [-0.05, 0) is 39.0 Å². The van der Waals surface area contributed by atoms with Crippen molar-refractivity contribution in [3.05, 3.63) is 15.6 Å². The molecule has 0 atom stereocenters. The number of ether oxygens (including phenoxy) is 1. The topological polar surface area (TPSA) is 70.1 Å². The Hall–Kier alpha value is -1.10. The van der Waals surface area contributed by atoms with Crippen molar-refractivity contribution in [2.45, 2.75) is 45.4 Å². The van der Waals surface area contributed by atoms with Crippen molar-refractivity contribution in [3.8, 4) is 0 Å². The maximum absolute atomic E-state index is 11.8. The number of halogens is 1. The number of carbonyl (C=O) groups is 1. The predicted molar refractivity (Wildman–Crippen MR) is 124 cm³/mol. The van der Waals surface area contributed by atoms with Crippen molar-refractivity contribution in [3.63, 3.8) is 0 Å². The second kappa shape index (κ2) is 11.8. The summed E-state index contributed by atoms with van der Waals surface area (Å²) < 4.78 is 5.07. The predicted octanol–water partition coefficient (Wildman–Crippen LogP) is 2.92. The summed E-state index contributed by atoms with van der Waals surface area (Å²) in [7, 11) is 1.81. The molecule has 28 heavy (non-hydrogen) atoms. The van der Waals surface area contributed by atoms with Crippen LogP contribution >= 0.6 is 35.3 Å². The molecule has 0 saturated carbocycles. The molecule has 1 amide bonds. The number of carbonyl (C=O) groups excluding carboxylic acids is 1. The molecule has 0 unspecified atom stereocenters. The molecule has 1 aliphatic heterocycles. The minimum absolute atomic E-state index is 0. The second-order valence-electron chi connectivity index (χ2n) is 6.94. The molecular weight excluding hydrogens is 489 g/mol. The number of rotatable bonds is 5. The van der Waals surface area contributed by atoms with Crippen LogP contribution < -0.4 is 5.32 Å². The number of amides is 1. The Labute approximate surface area is 189 Å². The van der Waals surface area contributed by atoms with E-state index in [-0.39, 0.29) is 30.1 Å². The average Bonchev–Trinajstić information content (AvgIpc) is 3.11. The van der Waals surface area contributed by atoms with Gasteiger partial charge in [-0.1, -0.05) is 0 Å². The molecule has 1 saturated heterocycles. The number of hydrogen-bond acceptors (Lipinski definition) is 5. The maximum Gasteiger partial charge on any atom is 0.409 e. The summed E-state index contributed by atoms with van der Waals surface area (Å²) in [5.41, 5.74) is 1.35. The number of aliphatic imine (C=N–C) groups is 1. The molecule has 0 radical (unpaired) electrons. The Morgan fingerprint density at radius 2 is 1.93 bits per heavy atom. The summed E-state index contributed by atoms with van der Waals surface area (Å²) in [5, 5.41) is 4.74. The number of thiazole rings is 1. The number of aromatic nitrogens is 1. The molecule has 7 nitrogen and oxygen atoms in total. The zero-order chi connectivity index (χ0) is 19.1. The van der Waals surface area contributed by atoms with Gasteiger partial charge >= 0.3 is 6.09 Å². The lowest BCUT2D eigenvalue weighted by atomic mass is 10.0. The highest BCUT2D eigenvalue weighted by Crippen LogP contribution is 2.27. The number of aryl methyl sites for hydroxylation is 3. The van der Waals surface area contributed by atoms with Gasteiger partial charge in [0.2, 0.25) is 0 Å². The third-order valence-electron chi connectivity index (χ3n) is 5.06. The van der Waals surface area contributed by atoms with E-state index in [1.165, 1.54) is 34.8 Å². The molecule has 2 heterocycles. The van der Waals surface area contributed by atoms with Gasteiger partial charge in [-0.15, -0.1) is 35.3 Å². The van der Waals surface area contributed by atoms with Crippen LogP contribution in [0.5, 0.6) is 0 Å². The van der Waals surface area contributed by atoms with Crippen LogP contribution in [0.2, 0.25) is 0 Å². The third kappa shape index (κ3) is 6.20. The van der Waals surface area contributed by atoms with Crippen LogP contribution in [0, 0.1) is 0 Å². The Kier molecular flexibility index (Phi) is 9.76. The average molecular weight is 521 g/mol. The van der Waals surface area contributed by atoms with Gasteiger partial charge in [0.05, 0.1) is 17.3 Å². The molecule has 1 fully saturated rings. The standard InChI is InChI=1S/C19H31N5O2S.HI/c1-3-26-19(25)24-13-11-23(12-14-24)18(20-2)21-10-6-9-17-22-15-7-4-5-8-16(15)27-17;/h3-14H2,1-2H3,(H,20,21);1H. The fourth-order valence-electron chi connectivity index (χ4n) is 3.60. The first-order valence-electron chi connectivity index (χ1n) is 10.1. The van der Waals surface area contributed by atoms with Gasteiger partial charge in [0.1, 0.15) is 0 Å². The molecule has 1 aliphatic carbocycles. The minimum atomic E-state index is -0.216. The lowest BCUT2D eigenvalue weighted by molar-refractivity contribution is 0.0914. The van der Waals surface area contributed by atoms with Gasteiger partial charge in [0.25, 0.3) is 0 Å². The van der Waals surface area contributed by atoms with Crippen LogP contribution in [-0.2, 0) is 24.0 Å². The van der Waals surface area contributed by atoms with Gasteiger partial charge in [-0.25, -0.2) is 9.78 Å². The number of nitrogens with zero attached hydrogens (tertiary/aromatic N) is 4. The van der Waals surface area contributed by atoms with Crippen LogP contribution in [-0.4, -0.2) is 73.2 Å². The molecule has 0 spiro atoms. The summed E-state index contributed by atoms with van der Waals surface area (Å²) in [4.78, 5) is 26.5. The number of nitrogens with one attached hydrogen (secondary N) is 1. The molecule has 1 N–H and O–H groups in total. The Balaban J connectivity index is 0.00000280. The number of piperazine rings is 1. The highest BCUT2D eigenvalue weighted by atomic mass is 127. The smallest absolute Gasteiger partial charge is 0.409 e. The van der Waals surface area contributed by atoms with Crippen molar-refractivity contribution in [2.24, 2.45) is 4.99 Å². The summed E-state index contributed by atoms with van der Waals surface area (Å²) in [6.07, 6.45) is 6.84. The molecule has 158 valence electrons. The molecular formula is C19H32IN5O2S. The minimum Gasteiger partial charge on any atom is -0.450 e. The second-order valence-corrected chi connectivity index (χ2v) is 8.10. The zero-order valence-corrected chi connectivity index (χ0v) is 20.1. The van der Waals surface area contributed by atoms with E-state index in [2.05, 4.69) is 15.2 Å². The highest BCUT2D eigenvalue weighted by Gasteiger charge is 2.23. The van der Waals surface area contributed by atoms with E-state index < -0.39 is 0 Å². The van der Waals surface area contributed by atoms with Crippen LogP contribution in [0.15, 0.2) is 4.99 Å². The molecule has 0 aromatic carbocycles. The van der Waals surface area contributed by atoms with Gasteiger partial charge in [-0.3, -0.25) is 4.99 Å². The Morgan fingerprint density at radius 1 is 1.21 bits per heavy atom. The van der Waals surface area contributed by atoms with E-state index in [1.54, 1.807) is 4.90 Å². The van der Waals surface area contributed by atoms with E-state index in [0.29, 0.717) is 19.7 Å². The number of hydrogen-bond donors (Lipinski definition) is 1. The molecule has 1 aromatic heterocycles. The molecule has 2 aliphatic rings. The lowest BCUT2D eigenvalue weighted by Crippen LogP contribution is -2.54. The fourth-order valence-corrected chi connectivity index (χ4v) is 4.80. The quantitative estimate of drug-likeness (QED) is 0.279. The van der Waals surface area contributed by atoms with Crippen molar-refractivity contribution < 1.29 is 9.53 Å². The monoisotopic (exact) mass is 521 g/mol. The van der Waals surface area contributed by atoms with Crippen LogP contribution in [0.25, 0.3) is 0 Å². The first kappa shape index (κ1) is 23.2. The molecule has 1 aromatic rings. The van der Waals surface area contributed by atoms with E-state index in [1.807, 2.05) is 25.3 Å². The summed E-state index contributed by atoms with van der Waals surface area (Å²) in [6.45, 7) is 6.03. The maximum atomic E-state index is 11.8. The van der Waals surface area contributed by atoms with E-state index >= 15 is 0 Å². The van der Waals surface area contributed by atoms with Gasteiger partial charge in [-0.2, -0.15) is 0 Å². The van der Waals surface area contributed by atoms with Crippen molar-refractivity contribution in [1.82, 2.24) is 20.1 Å². The largest absolute Gasteiger partial charge is 0.450 e. The van der Waals surface area contributed by atoms with E-state index in [9.17, 15) is 4.79 Å². The highest BCUT2D eigenvalue weighted by molar-refractivity contribution is 14.0. The SMILES string of the molecule is CCOC(=O)N1CCN(C(=NC)NCCCc2nc3c(s2)CCCC3)CC1.I. The Bertz CT molecular complexity index is 635. The van der Waals surface area contributed by atoms with Crippen molar-refractivity contribution in [1.29, 1.82) is 0 Å². The normalized spacial score (nSPS) is 17.0. The number of fused-ring (bicyclic) bond motifs is 1.